The van der Waals surface area contributed by atoms with Gasteiger partial charge >= 0.3 is 7.12 Å². The Bertz CT molecular complexity index is 535. The fourth-order valence-electron chi connectivity index (χ4n) is 2.18. The Hall–Kier alpha value is -1.46. The first-order chi connectivity index (χ1) is 9.71. The molecule has 0 aromatic heterocycles. The summed E-state index contributed by atoms with van der Waals surface area (Å²) in [7, 11) is 2.75. The van der Waals surface area contributed by atoms with Gasteiger partial charge in [-0.15, -0.1) is 0 Å². The summed E-state index contributed by atoms with van der Waals surface area (Å²) in [4.78, 5) is 0. The molecule has 0 amide bonds. The van der Waals surface area contributed by atoms with Crippen LogP contribution in [0.25, 0.3) is 5.47 Å². The van der Waals surface area contributed by atoms with Gasteiger partial charge in [0.05, 0.1) is 25.4 Å². The number of hydrogen-bond acceptors (Lipinski definition) is 4. The van der Waals surface area contributed by atoms with E-state index in [-0.39, 0.29) is 11.2 Å². The van der Waals surface area contributed by atoms with E-state index >= 15 is 0 Å². The van der Waals surface area contributed by atoms with E-state index in [1.165, 1.54) is 0 Å². The molecule has 1 aromatic carbocycles. The summed E-state index contributed by atoms with van der Waals surface area (Å²) in [6, 6.07) is 5.60. The Labute approximate surface area is 127 Å². The van der Waals surface area contributed by atoms with Crippen LogP contribution in [0.4, 0.5) is 0 Å². The van der Waals surface area contributed by atoms with Crippen molar-refractivity contribution in [1.82, 2.24) is 0 Å². The zero-order valence-electron chi connectivity index (χ0n) is 13.6. The van der Waals surface area contributed by atoms with Crippen molar-refractivity contribution in [3.63, 3.8) is 0 Å². The van der Waals surface area contributed by atoms with Gasteiger partial charge in [-0.25, -0.2) is 0 Å². The van der Waals surface area contributed by atoms with Crippen molar-refractivity contribution in [1.29, 1.82) is 0 Å². The van der Waals surface area contributed by atoms with Crippen molar-refractivity contribution in [3.8, 4) is 11.5 Å². The quantitative estimate of drug-likeness (QED) is 0.797. The van der Waals surface area contributed by atoms with Gasteiger partial charge in [0.1, 0.15) is 11.5 Å². The first kappa shape index (κ1) is 15.9. The molecule has 4 nitrogen and oxygen atoms in total. The summed E-state index contributed by atoms with van der Waals surface area (Å²) in [5, 5.41) is 0. The van der Waals surface area contributed by atoms with Crippen molar-refractivity contribution in [2.24, 2.45) is 0 Å². The monoisotopic (exact) mass is 290 g/mol. The van der Waals surface area contributed by atoms with Crippen LogP contribution in [0.2, 0.25) is 0 Å². The van der Waals surface area contributed by atoms with Crippen LogP contribution in [0.5, 0.6) is 11.5 Å². The molecule has 0 bridgehead atoms. The number of benzene rings is 1. The molecule has 114 valence electrons. The summed E-state index contributed by atoms with van der Waals surface area (Å²) in [5.41, 5.74) is 0.825. The van der Waals surface area contributed by atoms with Crippen molar-refractivity contribution < 1.29 is 18.8 Å². The number of rotatable bonds is 4. The second-order valence-electron chi connectivity index (χ2n) is 6.18. The van der Waals surface area contributed by atoms with E-state index in [0.717, 1.165) is 16.8 Å². The highest BCUT2D eigenvalue weighted by Crippen LogP contribution is 2.41. The van der Waals surface area contributed by atoms with E-state index in [9.17, 15) is 0 Å². The zero-order chi connectivity index (χ0) is 15.8. The first-order valence-corrected chi connectivity index (χ1v) is 6.98. The van der Waals surface area contributed by atoms with Gasteiger partial charge in [0.15, 0.2) is 0 Å². The van der Waals surface area contributed by atoms with Crippen LogP contribution in [0.3, 0.4) is 0 Å². The third-order valence-corrected chi connectivity index (χ3v) is 4.29. The Morgan fingerprint density at radius 3 is 2.10 bits per heavy atom. The van der Waals surface area contributed by atoms with Gasteiger partial charge in [-0.1, -0.05) is 6.58 Å². The Morgan fingerprint density at radius 1 is 1.05 bits per heavy atom. The maximum absolute atomic E-state index is 6.03. The molecule has 0 spiro atoms. The minimum Gasteiger partial charge on any atom is -0.497 e. The molecule has 1 aromatic rings. The second kappa shape index (κ2) is 5.39. The van der Waals surface area contributed by atoms with Gasteiger partial charge in [-0.2, -0.15) is 0 Å². The Kier molecular flexibility index (Phi) is 4.09. The average molecular weight is 290 g/mol. The molecule has 0 unspecified atom stereocenters. The molecule has 1 fully saturated rings. The van der Waals surface area contributed by atoms with Crippen LogP contribution < -0.4 is 9.47 Å². The molecule has 1 saturated heterocycles. The average Bonchev–Trinajstić information content (AvgIpc) is 2.66. The van der Waals surface area contributed by atoms with Crippen LogP contribution in [0.1, 0.15) is 33.3 Å². The highest BCUT2D eigenvalue weighted by molar-refractivity contribution is 6.68. The van der Waals surface area contributed by atoms with E-state index < -0.39 is 7.12 Å². The third-order valence-electron chi connectivity index (χ3n) is 4.29. The van der Waals surface area contributed by atoms with Gasteiger partial charge in [0.2, 0.25) is 0 Å². The van der Waals surface area contributed by atoms with Crippen molar-refractivity contribution in [2.45, 2.75) is 38.9 Å². The fourth-order valence-corrected chi connectivity index (χ4v) is 2.18. The van der Waals surface area contributed by atoms with Gasteiger partial charge in [-0.05, 0) is 45.3 Å². The molecule has 1 aliphatic heterocycles. The molecule has 1 aliphatic rings. The largest absolute Gasteiger partial charge is 0.497 e. The fraction of sp³-hybridized carbons (Fsp3) is 0.500. The number of methoxy groups -OCH3 is 2. The lowest BCUT2D eigenvalue weighted by Gasteiger charge is -2.32. The second-order valence-corrected chi connectivity index (χ2v) is 6.18. The van der Waals surface area contributed by atoms with Crippen molar-refractivity contribution >= 4 is 12.6 Å². The minimum absolute atomic E-state index is 0.389. The molecule has 2 rings (SSSR count). The van der Waals surface area contributed by atoms with E-state index in [1.54, 1.807) is 14.2 Å². The van der Waals surface area contributed by atoms with Crippen LogP contribution in [0.15, 0.2) is 24.8 Å². The van der Waals surface area contributed by atoms with Gasteiger partial charge in [0, 0.05) is 11.6 Å². The van der Waals surface area contributed by atoms with Crippen LogP contribution in [-0.4, -0.2) is 32.5 Å². The van der Waals surface area contributed by atoms with E-state index in [4.69, 9.17) is 18.8 Å². The lowest BCUT2D eigenvalue weighted by Crippen LogP contribution is -2.41. The number of hydrogen-bond donors (Lipinski definition) is 0. The lowest BCUT2D eigenvalue weighted by molar-refractivity contribution is 0.00578. The summed E-state index contributed by atoms with van der Waals surface area (Å²) >= 11 is 0. The molecule has 1 heterocycles. The normalized spacial score (nSPS) is 19.4. The molecule has 0 atom stereocenters. The SMILES string of the molecule is C=C(B1OC(C)(C)C(C)(C)O1)c1ccc(OC)cc1OC. The van der Waals surface area contributed by atoms with Crippen molar-refractivity contribution in [2.75, 3.05) is 14.2 Å². The Balaban J connectivity index is 2.30. The maximum atomic E-state index is 6.03. The smallest absolute Gasteiger partial charge is 0.494 e. The van der Waals surface area contributed by atoms with Gasteiger partial charge in [-0.3, -0.25) is 0 Å². The molecule has 0 saturated carbocycles. The highest BCUT2D eigenvalue weighted by Gasteiger charge is 2.52. The third kappa shape index (κ3) is 2.80. The van der Waals surface area contributed by atoms with E-state index in [2.05, 4.69) is 6.58 Å². The maximum Gasteiger partial charge on any atom is 0.494 e. The van der Waals surface area contributed by atoms with E-state index in [0.29, 0.717) is 5.75 Å². The van der Waals surface area contributed by atoms with E-state index in [1.807, 2.05) is 45.9 Å². The summed E-state index contributed by atoms with van der Waals surface area (Å²) in [6.45, 7) is 12.2. The van der Waals surface area contributed by atoms with Crippen molar-refractivity contribution in [3.05, 3.63) is 30.3 Å². The van der Waals surface area contributed by atoms with Gasteiger partial charge in [0.25, 0.3) is 0 Å². The summed E-state index contributed by atoms with van der Waals surface area (Å²) in [5.74, 6) is 1.42. The molecular weight excluding hydrogens is 267 g/mol. The van der Waals surface area contributed by atoms with Gasteiger partial charge < -0.3 is 18.8 Å². The van der Waals surface area contributed by atoms with Crippen LogP contribution in [-0.2, 0) is 9.31 Å². The molecule has 5 heteroatoms. The molecule has 0 aliphatic carbocycles. The standard InChI is InChI=1S/C16H23BO4/c1-11(17-20-15(2,3)16(4,5)21-17)13-9-8-12(18-6)10-14(13)19-7/h8-10H,1H2,2-7H3. The summed E-state index contributed by atoms with van der Waals surface area (Å²) in [6.07, 6.45) is 0. The number of ether oxygens (including phenoxy) is 2. The lowest BCUT2D eigenvalue weighted by atomic mass is 9.75. The molecular formula is C16H23BO4. The Morgan fingerprint density at radius 2 is 1.62 bits per heavy atom. The zero-order valence-corrected chi connectivity index (χ0v) is 13.6. The predicted octanol–water partition coefficient (Wildman–Crippen LogP) is 3.35. The van der Waals surface area contributed by atoms with Crippen LogP contribution in [0, 0.1) is 0 Å². The summed E-state index contributed by atoms with van der Waals surface area (Å²) < 4.78 is 22.7. The molecule has 0 radical (unpaired) electrons. The highest BCUT2D eigenvalue weighted by atomic mass is 16.7. The predicted molar refractivity (Wildman–Crippen MR) is 84.7 cm³/mol. The molecule has 21 heavy (non-hydrogen) atoms. The topological polar surface area (TPSA) is 36.9 Å². The minimum atomic E-state index is -0.489. The van der Waals surface area contributed by atoms with Crippen LogP contribution >= 0.6 is 0 Å². The molecule has 0 N–H and O–H groups in total. The first-order valence-electron chi connectivity index (χ1n) is 6.98.